The first-order valence-electron chi connectivity index (χ1n) is 3.48. The van der Waals surface area contributed by atoms with Gasteiger partial charge in [-0.25, -0.2) is 16.8 Å². The maximum atomic E-state index is 12.1. The van der Waals surface area contributed by atoms with E-state index in [2.05, 4.69) is 11.3 Å². The fourth-order valence-electron chi connectivity index (χ4n) is 0.265. The van der Waals surface area contributed by atoms with Crippen LogP contribution in [-0.4, -0.2) is 29.0 Å². The molecule has 0 aliphatic rings. The van der Waals surface area contributed by atoms with Crippen molar-refractivity contribution < 1.29 is 43.5 Å². The Morgan fingerprint density at radius 2 is 1.33 bits per heavy atom. The van der Waals surface area contributed by atoms with Gasteiger partial charge >= 0.3 is 20.8 Å². The van der Waals surface area contributed by atoms with E-state index in [-0.39, 0.29) is 11.1 Å². The molecule has 0 radical (unpaired) electrons. The highest BCUT2D eigenvalue weighted by molar-refractivity contribution is 14.2. The number of sulfonamides is 2. The van der Waals surface area contributed by atoms with Gasteiger partial charge in [-0.15, -0.1) is 9.80 Å². The highest BCUT2D eigenvalue weighted by Gasteiger charge is 2.52. The van der Waals surface area contributed by atoms with Gasteiger partial charge < -0.3 is 0 Å². The minimum atomic E-state index is -6.36. The van der Waals surface area contributed by atoms with Crippen LogP contribution in [0, 0.1) is 0 Å². The van der Waals surface area contributed by atoms with Crippen LogP contribution in [0.15, 0.2) is 0 Å². The first-order chi connectivity index (χ1) is 8.21. The zero-order valence-electron chi connectivity index (χ0n) is 9.04. The van der Waals surface area contributed by atoms with Crippen LogP contribution in [-0.2, 0) is 20.0 Å². The van der Waals surface area contributed by atoms with E-state index >= 15 is 0 Å². The molecule has 0 saturated carbocycles. The van der Waals surface area contributed by atoms with E-state index < -0.39 is 30.8 Å². The second-order valence-corrected chi connectivity index (χ2v) is 6.20. The summed E-state index contributed by atoms with van der Waals surface area (Å²) in [7, 11) is -8.79. The molecule has 15 heteroatoms. The lowest BCUT2D eigenvalue weighted by molar-refractivity contribution is -0.0442. The highest BCUT2D eigenvalue weighted by atomic mass is 127. The minimum absolute atomic E-state index is 0.118. The number of thiol groups is 1. The molecule has 0 bridgehead atoms. The molecular weight excluding hydrogens is 451 g/mol. The minimum Gasteiger partial charge on any atom is -0.269 e. The average Bonchev–Trinajstić information content (AvgIpc) is 2.18. The standard InChI is InChI=1S/C3H4F5NO4S2.FH.HIS/c1-2(4,5)14(10,11)9-15(12,13)3(6,7)8;;1-2/h9H,1H3;1H;2H/i/hT. The molecule has 18 heavy (non-hydrogen) atoms. The average molecular weight is 459 g/mol. The number of halogens is 7. The van der Waals surface area contributed by atoms with E-state index in [0.29, 0.717) is 0 Å². The summed E-state index contributed by atoms with van der Waals surface area (Å²) in [5.41, 5.74) is -5.98. The molecule has 1 N–H and O–H groups in total. The molecule has 0 aromatic heterocycles. The third-order valence-electron chi connectivity index (χ3n) is 0.996. The molecule has 0 aliphatic heterocycles. The summed E-state index contributed by atoms with van der Waals surface area (Å²) in [6, 6.07) is 0. The molecule has 114 valence electrons. The second-order valence-electron chi connectivity index (χ2n) is 2.34. The van der Waals surface area contributed by atoms with Crippen LogP contribution in [0.2, 0.25) is 0 Å². The second kappa shape index (κ2) is 7.34. The van der Waals surface area contributed by atoms with Crippen molar-refractivity contribution in [1.82, 2.24) is 4.13 Å². The predicted molar refractivity (Wildman–Crippen MR) is 63.2 cm³/mol. The lowest BCUT2D eigenvalue weighted by atomic mass is 10.9. The van der Waals surface area contributed by atoms with Gasteiger partial charge in [0.25, 0.3) is 11.5 Å². The molecule has 0 aliphatic carbocycles. The zero-order chi connectivity index (χ0) is 16.7. The largest absolute Gasteiger partial charge is 0.512 e. The molecule has 0 unspecified atom stereocenters. The van der Waals surface area contributed by atoms with Gasteiger partial charge in [0.2, 0.25) is 0 Å². The van der Waals surface area contributed by atoms with Gasteiger partial charge in [-0.2, -0.15) is 22.0 Å². The Hall–Kier alpha value is 0.520. The van der Waals surface area contributed by atoms with E-state index in [4.69, 9.17) is 4.72 Å². The summed E-state index contributed by atoms with van der Waals surface area (Å²) >= 11 is 1.84. The van der Waals surface area contributed by atoms with Crippen LogP contribution in [0.1, 0.15) is 6.92 Å². The monoisotopic (exact) mass is 459 g/mol. The molecule has 0 rings (SSSR count). The number of hydrogen-bond donors (Lipinski definition) is 2. The first kappa shape index (κ1) is 20.8. The third-order valence-corrected chi connectivity index (χ3v) is 4.30. The van der Waals surface area contributed by atoms with E-state index in [0.717, 1.165) is 0 Å². The first-order valence-corrected chi connectivity index (χ1v) is 9.30. The summed E-state index contributed by atoms with van der Waals surface area (Å²) in [5, 5.41) is -4.65. The van der Waals surface area contributed by atoms with Crippen molar-refractivity contribution in [3.05, 3.63) is 0 Å². The van der Waals surface area contributed by atoms with Gasteiger partial charge in [0.05, 0.1) is 0 Å². The Kier molecular flexibility index (Phi) is 8.50. The highest BCUT2D eigenvalue weighted by Crippen LogP contribution is 2.26. The molecular formula is C3H6F6INO4S3. The van der Waals surface area contributed by atoms with Crippen molar-refractivity contribution in [2.75, 3.05) is 0 Å². The fraction of sp³-hybridized carbons (Fsp3) is 1.00. The van der Waals surface area contributed by atoms with Crippen molar-refractivity contribution in [3.63, 3.8) is 0 Å². The Balaban J connectivity index is -0.000000579. The molecule has 5 nitrogen and oxygen atoms in total. The summed E-state index contributed by atoms with van der Waals surface area (Å²) in [6.07, 6.45) is 0. The van der Waals surface area contributed by atoms with Gasteiger partial charge in [0.1, 0.15) is 0 Å². The Morgan fingerprint density at radius 3 is 1.50 bits per heavy atom. The van der Waals surface area contributed by atoms with Crippen molar-refractivity contribution in [2.24, 2.45) is 0 Å². The van der Waals surface area contributed by atoms with E-state index in [1.54, 1.807) is 0 Å². The topological polar surface area (TPSA) is 80.3 Å². The zero-order valence-corrected chi connectivity index (χ0v) is 12.7. The van der Waals surface area contributed by atoms with E-state index in [1.807, 2.05) is 21.2 Å². The van der Waals surface area contributed by atoms with Gasteiger partial charge in [-0.1, -0.05) is 4.13 Å². The van der Waals surface area contributed by atoms with Gasteiger partial charge in [-0.05, 0) is 21.2 Å². The van der Waals surface area contributed by atoms with E-state index in [1.165, 1.54) is 0 Å². The summed E-state index contributed by atoms with van der Waals surface area (Å²) in [5.74, 6) is 0. The van der Waals surface area contributed by atoms with Gasteiger partial charge in [0, 0.05) is 6.92 Å². The van der Waals surface area contributed by atoms with Gasteiger partial charge in [0.15, 0.2) is 0 Å². The van der Waals surface area contributed by atoms with Gasteiger partial charge in [-0.3, -0.25) is 4.72 Å². The molecule has 0 spiro atoms. The SMILES string of the molecule is CC(F)(F)S(=O)(=O)NS(=O)(=O)C(F)(F)F.SI.[3H]F. The number of rotatable bonds is 3. The van der Waals surface area contributed by atoms with Crippen LogP contribution < -0.4 is 4.13 Å². The van der Waals surface area contributed by atoms with Crippen molar-refractivity contribution in [3.8, 4) is 0 Å². The Morgan fingerprint density at radius 1 is 1.06 bits per heavy atom. The van der Waals surface area contributed by atoms with Crippen molar-refractivity contribution in [1.29, 1.82) is 1.45 Å². The Bertz CT molecular complexity index is 401. The maximum Gasteiger partial charge on any atom is 0.512 e. The number of hydrogen-bond acceptors (Lipinski definition) is 5. The Labute approximate surface area is 117 Å². The van der Waals surface area contributed by atoms with Crippen molar-refractivity contribution >= 4 is 51.1 Å². The van der Waals surface area contributed by atoms with Crippen LogP contribution in [0.4, 0.5) is 26.7 Å². The lowest BCUT2D eigenvalue weighted by Gasteiger charge is -2.13. The number of nitrogens with one attached hydrogen (secondary N) is 1. The third kappa shape index (κ3) is 6.62. The van der Waals surface area contributed by atoms with Crippen LogP contribution in [0.25, 0.3) is 0 Å². The quantitative estimate of drug-likeness (QED) is 0.383. The van der Waals surface area contributed by atoms with Crippen LogP contribution in [0.3, 0.4) is 0 Å². The fourth-order valence-corrected chi connectivity index (χ4v) is 2.38. The molecule has 0 atom stereocenters. The number of alkyl halides is 5. The normalized spacial score (nSPS) is 13.5. The van der Waals surface area contributed by atoms with Crippen molar-refractivity contribution in [2.45, 2.75) is 17.7 Å². The van der Waals surface area contributed by atoms with Crippen LogP contribution >= 0.6 is 31.0 Å². The summed E-state index contributed by atoms with van der Waals surface area (Å²) < 4.78 is 113. The van der Waals surface area contributed by atoms with Crippen LogP contribution in [0.5, 0.6) is 0 Å². The summed E-state index contributed by atoms with van der Waals surface area (Å²) in [6.45, 7) is -0.263. The molecule has 0 aromatic carbocycles. The molecule has 0 heterocycles. The summed E-state index contributed by atoms with van der Waals surface area (Å²) in [4.78, 5) is 0. The molecule has 0 aromatic rings. The smallest absolute Gasteiger partial charge is 0.269 e. The predicted octanol–water partition coefficient (Wildman–Crippen LogP) is 1.79. The molecule has 0 fully saturated rings. The molecule has 0 saturated heterocycles. The van der Waals surface area contributed by atoms with E-state index in [9.17, 15) is 38.8 Å². The maximum absolute atomic E-state index is 12.1. The molecule has 0 amide bonds. The lowest BCUT2D eigenvalue weighted by Crippen LogP contribution is -2.46.